The van der Waals surface area contributed by atoms with Crippen LogP contribution in [0.5, 0.6) is 0 Å². The van der Waals surface area contributed by atoms with Crippen LogP contribution < -0.4 is 0 Å². The average molecular weight is 241 g/mol. The molecule has 1 aromatic carbocycles. The lowest BCUT2D eigenvalue weighted by Gasteiger charge is -2.13. The smallest absolute Gasteiger partial charge is 0.303 e. The topological polar surface area (TPSA) is 37.3 Å². The summed E-state index contributed by atoms with van der Waals surface area (Å²) in [5, 5.41) is 9.45. The third kappa shape index (κ3) is 3.24. The van der Waals surface area contributed by atoms with Crippen molar-refractivity contribution in [3.63, 3.8) is 0 Å². The molecule has 1 N–H and O–H groups in total. The molecule has 1 atom stereocenters. The summed E-state index contributed by atoms with van der Waals surface area (Å²) < 4.78 is 0. The van der Waals surface area contributed by atoms with Crippen LogP contribution in [0.25, 0.3) is 0 Å². The van der Waals surface area contributed by atoms with Gasteiger partial charge in [0.15, 0.2) is 0 Å². The van der Waals surface area contributed by atoms with Crippen molar-refractivity contribution in [2.24, 2.45) is 0 Å². The van der Waals surface area contributed by atoms with Gasteiger partial charge in [0.2, 0.25) is 0 Å². The summed E-state index contributed by atoms with van der Waals surface area (Å²) in [6.45, 7) is 6.07. The minimum absolute atomic E-state index is 0.00351. The zero-order valence-corrected chi connectivity index (χ0v) is 10.6. The number of halogens is 1. The normalized spacial score (nSPS) is 12.8. The van der Waals surface area contributed by atoms with E-state index >= 15 is 0 Å². The van der Waals surface area contributed by atoms with Crippen LogP contribution in [0, 0.1) is 0 Å². The number of hydrogen-bond donors (Lipinski definition) is 1. The Kier molecular flexibility index (Phi) is 4.36. The number of rotatable bonds is 4. The minimum Gasteiger partial charge on any atom is -0.481 e. The molecule has 0 amide bonds. The van der Waals surface area contributed by atoms with Gasteiger partial charge in [-0.05, 0) is 29.0 Å². The summed E-state index contributed by atoms with van der Waals surface area (Å²) in [4.78, 5) is 10.6. The van der Waals surface area contributed by atoms with Crippen molar-refractivity contribution < 1.29 is 9.90 Å². The van der Waals surface area contributed by atoms with Gasteiger partial charge in [-0.15, -0.1) is 0 Å². The van der Waals surface area contributed by atoms with Gasteiger partial charge in [0.05, 0.1) is 6.42 Å². The van der Waals surface area contributed by atoms with Crippen LogP contribution in [-0.2, 0) is 4.79 Å². The fourth-order valence-corrected chi connectivity index (χ4v) is 2.11. The Morgan fingerprint density at radius 1 is 1.38 bits per heavy atom. The minimum atomic E-state index is -0.781. The van der Waals surface area contributed by atoms with Crippen molar-refractivity contribution in [1.29, 1.82) is 0 Å². The van der Waals surface area contributed by atoms with Crippen molar-refractivity contribution in [1.82, 2.24) is 0 Å². The van der Waals surface area contributed by atoms with E-state index in [9.17, 15) is 4.79 Å². The second-order valence-electron chi connectivity index (χ2n) is 4.43. The first-order chi connectivity index (χ1) is 7.41. The third-order valence-corrected chi connectivity index (χ3v) is 3.02. The molecule has 1 aromatic rings. The van der Waals surface area contributed by atoms with Gasteiger partial charge in [0.1, 0.15) is 0 Å². The molecule has 0 heterocycles. The van der Waals surface area contributed by atoms with E-state index in [0.717, 1.165) is 16.1 Å². The summed E-state index contributed by atoms with van der Waals surface area (Å²) in [6.07, 6.45) is 0.136. The molecule has 0 spiro atoms. The van der Waals surface area contributed by atoms with Gasteiger partial charge in [-0.2, -0.15) is 0 Å². The zero-order chi connectivity index (χ0) is 12.3. The predicted molar refractivity (Wildman–Crippen MR) is 66.2 cm³/mol. The fourth-order valence-electron chi connectivity index (χ4n) is 1.70. The lowest BCUT2D eigenvalue weighted by Crippen LogP contribution is -2.03. The van der Waals surface area contributed by atoms with Gasteiger partial charge in [0.25, 0.3) is 0 Å². The number of benzene rings is 1. The molecule has 0 aliphatic heterocycles. The SMILES string of the molecule is CC(C)c1ccc(C(C)CC(=O)O)cc1Cl. The standard InChI is InChI=1S/C13H17ClO2/c1-8(2)11-5-4-10(7-12(11)14)9(3)6-13(15)16/h4-5,7-9H,6H2,1-3H3,(H,15,16). The maximum Gasteiger partial charge on any atom is 0.303 e. The van der Waals surface area contributed by atoms with Gasteiger partial charge in [-0.3, -0.25) is 4.79 Å². The first kappa shape index (κ1) is 13.0. The number of carboxylic acids is 1. The Balaban J connectivity index is 2.92. The molecular formula is C13H17ClO2. The molecule has 0 bridgehead atoms. The molecule has 0 saturated heterocycles. The Bertz CT molecular complexity index is 386. The van der Waals surface area contributed by atoms with Crippen molar-refractivity contribution in [2.75, 3.05) is 0 Å². The van der Waals surface area contributed by atoms with E-state index in [2.05, 4.69) is 13.8 Å². The summed E-state index contributed by atoms with van der Waals surface area (Å²) in [7, 11) is 0. The zero-order valence-electron chi connectivity index (χ0n) is 9.83. The highest BCUT2D eigenvalue weighted by Crippen LogP contribution is 2.29. The molecule has 1 rings (SSSR count). The number of carboxylic acid groups (broad SMARTS) is 1. The quantitative estimate of drug-likeness (QED) is 0.862. The molecule has 1 unspecified atom stereocenters. The van der Waals surface area contributed by atoms with Crippen molar-refractivity contribution >= 4 is 17.6 Å². The first-order valence-electron chi connectivity index (χ1n) is 5.43. The predicted octanol–water partition coefficient (Wildman–Crippen LogP) is 4.04. The van der Waals surface area contributed by atoms with Crippen LogP contribution in [0.1, 0.15) is 50.2 Å². The number of aliphatic carboxylic acids is 1. The first-order valence-corrected chi connectivity index (χ1v) is 5.80. The van der Waals surface area contributed by atoms with E-state index in [1.807, 2.05) is 25.1 Å². The molecule has 0 aliphatic rings. The maximum absolute atomic E-state index is 10.6. The van der Waals surface area contributed by atoms with Gasteiger partial charge in [-0.1, -0.05) is 44.5 Å². The molecule has 16 heavy (non-hydrogen) atoms. The largest absolute Gasteiger partial charge is 0.481 e. The van der Waals surface area contributed by atoms with E-state index in [0.29, 0.717) is 5.92 Å². The molecule has 0 saturated carbocycles. The van der Waals surface area contributed by atoms with Gasteiger partial charge in [0, 0.05) is 5.02 Å². The van der Waals surface area contributed by atoms with E-state index in [1.54, 1.807) is 0 Å². The van der Waals surface area contributed by atoms with E-state index in [4.69, 9.17) is 16.7 Å². The van der Waals surface area contributed by atoms with Gasteiger partial charge in [-0.25, -0.2) is 0 Å². The van der Waals surface area contributed by atoms with Crippen LogP contribution in [0.4, 0.5) is 0 Å². The molecule has 88 valence electrons. The highest BCUT2D eigenvalue weighted by molar-refractivity contribution is 6.31. The average Bonchev–Trinajstić information content (AvgIpc) is 2.15. The van der Waals surface area contributed by atoms with Crippen molar-refractivity contribution in [3.8, 4) is 0 Å². The van der Waals surface area contributed by atoms with Crippen LogP contribution in [0.2, 0.25) is 5.02 Å². The summed E-state index contributed by atoms with van der Waals surface area (Å²) >= 11 is 6.16. The fraction of sp³-hybridized carbons (Fsp3) is 0.462. The van der Waals surface area contributed by atoms with E-state index in [-0.39, 0.29) is 12.3 Å². The Morgan fingerprint density at radius 2 is 2.00 bits per heavy atom. The van der Waals surface area contributed by atoms with Gasteiger partial charge >= 0.3 is 5.97 Å². The second kappa shape index (κ2) is 5.35. The lowest BCUT2D eigenvalue weighted by atomic mass is 9.94. The molecule has 0 radical (unpaired) electrons. The summed E-state index contributed by atoms with van der Waals surface area (Å²) in [5.74, 6) is -0.399. The van der Waals surface area contributed by atoms with Crippen molar-refractivity contribution in [2.45, 2.75) is 39.0 Å². The molecule has 3 heteroatoms. The van der Waals surface area contributed by atoms with Crippen LogP contribution in [-0.4, -0.2) is 11.1 Å². The lowest BCUT2D eigenvalue weighted by molar-refractivity contribution is -0.137. The van der Waals surface area contributed by atoms with Crippen LogP contribution >= 0.6 is 11.6 Å². The third-order valence-electron chi connectivity index (χ3n) is 2.70. The Hall–Kier alpha value is -1.02. The second-order valence-corrected chi connectivity index (χ2v) is 4.84. The molecular weight excluding hydrogens is 224 g/mol. The molecule has 2 nitrogen and oxygen atoms in total. The molecule has 0 aromatic heterocycles. The van der Waals surface area contributed by atoms with Crippen LogP contribution in [0.3, 0.4) is 0 Å². The monoisotopic (exact) mass is 240 g/mol. The number of hydrogen-bond acceptors (Lipinski definition) is 1. The Labute approximate surface area is 101 Å². The number of carbonyl (C=O) groups is 1. The van der Waals surface area contributed by atoms with Gasteiger partial charge < -0.3 is 5.11 Å². The van der Waals surface area contributed by atoms with E-state index in [1.165, 1.54) is 0 Å². The Morgan fingerprint density at radius 3 is 2.44 bits per heavy atom. The van der Waals surface area contributed by atoms with Crippen LogP contribution in [0.15, 0.2) is 18.2 Å². The maximum atomic E-state index is 10.6. The summed E-state index contributed by atoms with van der Waals surface area (Å²) in [6, 6.07) is 5.83. The molecule has 0 aliphatic carbocycles. The molecule has 0 fully saturated rings. The summed E-state index contributed by atoms with van der Waals surface area (Å²) in [5.41, 5.74) is 2.09. The highest BCUT2D eigenvalue weighted by Gasteiger charge is 2.12. The van der Waals surface area contributed by atoms with Crippen molar-refractivity contribution in [3.05, 3.63) is 34.3 Å². The highest BCUT2D eigenvalue weighted by atomic mass is 35.5. The van der Waals surface area contributed by atoms with E-state index < -0.39 is 5.97 Å².